The van der Waals surface area contributed by atoms with Crippen molar-refractivity contribution in [2.45, 2.75) is 51.8 Å². The van der Waals surface area contributed by atoms with Crippen LogP contribution in [0.2, 0.25) is 0 Å². The lowest BCUT2D eigenvalue weighted by atomic mass is 9.94. The van der Waals surface area contributed by atoms with Crippen molar-refractivity contribution in [3.05, 3.63) is 35.4 Å². The van der Waals surface area contributed by atoms with Crippen LogP contribution in [-0.4, -0.2) is 17.6 Å². The third-order valence-corrected chi connectivity index (χ3v) is 3.00. The molecule has 3 nitrogen and oxygen atoms in total. The van der Waals surface area contributed by atoms with Crippen molar-refractivity contribution in [2.24, 2.45) is 0 Å². The van der Waals surface area contributed by atoms with Gasteiger partial charge in [0, 0.05) is 12.6 Å². The van der Waals surface area contributed by atoms with E-state index in [4.69, 9.17) is 4.74 Å². The Labute approximate surface area is 109 Å². The second kappa shape index (κ2) is 5.11. The average Bonchev–Trinajstić information content (AvgIpc) is 2.26. The van der Waals surface area contributed by atoms with Gasteiger partial charge < -0.3 is 10.1 Å². The maximum Gasteiger partial charge on any atom is 0.307 e. The average molecular weight is 247 g/mol. The zero-order chi connectivity index (χ0) is 13.2. The van der Waals surface area contributed by atoms with Gasteiger partial charge in [0.2, 0.25) is 0 Å². The third kappa shape index (κ3) is 3.57. The Morgan fingerprint density at radius 2 is 2.00 bits per heavy atom. The highest BCUT2D eigenvalue weighted by Gasteiger charge is 2.23. The highest BCUT2D eigenvalue weighted by atomic mass is 16.6. The van der Waals surface area contributed by atoms with Crippen molar-refractivity contribution >= 4 is 5.97 Å². The second-order valence-corrected chi connectivity index (χ2v) is 5.84. The Morgan fingerprint density at radius 1 is 1.33 bits per heavy atom. The van der Waals surface area contributed by atoms with E-state index in [2.05, 4.69) is 29.6 Å². The molecule has 1 N–H and O–H groups in total. The Kier molecular flexibility index (Phi) is 3.71. The molecule has 0 fully saturated rings. The summed E-state index contributed by atoms with van der Waals surface area (Å²) in [6, 6.07) is 8.56. The van der Waals surface area contributed by atoms with E-state index in [0.717, 1.165) is 13.0 Å². The fourth-order valence-electron chi connectivity index (χ4n) is 2.25. The summed E-state index contributed by atoms with van der Waals surface area (Å²) in [6.07, 6.45) is 1.33. The number of ether oxygens (including phenoxy) is 1. The van der Waals surface area contributed by atoms with E-state index in [1.165, 1.54) is 11.1 Å². The van der Waals surface area contributed by atoms with Gasteiger partial charge in [-0.2, -0.15) is 0 Å². The van der Waals surface area contributed by atoms with Crippen LogP contribution >= 0.6 is 0 Å². The van der Waals surface area contributed by atoms with Crippen molar-refractivity contribution in [1.82, 2.24) is 5.32 Å². The second-order valence-electron chi connectivity index (χ2n) is 5.84. The summed E-state index contributed by atoms with van der Waals surface area (Å²) < 4.78 is 5.35. The Bertz CT molecular complexity index is 434. The summed E-state index contributed by atoms with van der Waals surface area (Å²) >= 11 is 0. The number of nitrogens with one attached hydrogen (secondary N) is 1. The summed E-state index contributed by atoms with van der Waals surface area (Å²) in [6.45, 7) is 6.53. The Morgan fingerprint density at radius 3 is 2.67 bits per heavy atom. The SMILES string of the molecule is CC(C)(C)OC(=O)C[C@@H]1Cc2ccccc2CN1. The maximum absolute atomic E-state index is 11.8. The first kappa shape index (κ1) is 13.1. The summed E-state index contributed by atoms with van der Waals surface area (Å²) in [5.74, 6) is -0.126. The molecule has 0 aromatic heterocycles. The zero-order valence-electron chi connectivity index (χ0n) is 11.3. The first-order valence-electron chi connectivity index (χ1n) is 6.46. The molecule has 1 aliphatic rings. The number of rotatable bonds is 2. The number of carbonyl (C=O) groups is 1. The molecule has 0 saturated heterocycles. The van der Waals surface area contributed by atoms with E-state index >= 15 is 0 Å². The minimum Gasteiger partial charge on any atom is -0.460 e. The summed E-state index contributed by atoms with van der Waals surface area (Å²) in [5, 5.41) is 3.39. The van der Waals surface area contributed by atoms with Crippen LogP contribution in [0, 0.1) is 0 Å². The van der Waals surface area contributed by atoms with Crippen molar-refractivity contribution in [2.75, 3.05) is 0 Å². The molecule has 1 aromatic carbocycles. The molecule has 1 aromatic rings. The minimum absolute atomic E-state index is 0.126. The van der Waals surface area contributed by atoms with Gasteiger partial charge >= 0.3 is 5.97 Å². The van der Waals surface area contributed by atoms with Crippen LogP contribution in [0.3, 0.4) is 0 Å². The molecular weight excluding hydrogens is 226 g/mol. The van der Waals surface area contributed by atoms with E-state index in [1.54, 1.807) is 0 Å². The van der Waals surface area contributed by atoms with E-state index in [9.17, 15) is 4.79 Å². The zero-order valence-corrected chi connectivity index (χ0v) is 11.3. The van der Waals surface area contributed by atoms with Gasteiger partial charge in [-0.15, -0.1) is 0 Å². The smallest absolute Gasteiger partial charge is 0.307 e. The number of hydrogen-bond donors (Lipinski definition) is 1. The van der Waals surface area contributed by atoms with Crippen LogP contribution in [0.25, 0.3) is 0 Å². The fourth-order valence-corrected chi connectivity index (χ4v) is 2.25. The van der Waals surface area contributed by atoms with Gasteiger partial charge in [-0.25, -0.2) is 0 Å². The Hall–Kier alpha value is -1.35. The molecule has 0 bridgehead atoms. The first-order chi connectivity index (χ1) is 8.44. The number of hydrogen-bond acceptors (Lipinski definition) is 3. The number of carbonyl (C=O) groups excluding carboxylic acids is 1. The van der Waals surface area contributed by atoms with Crippen molar-refractivity contribution < 1.29 is 9.53 Å². The predicted octanol–water partition coefficient (Wildman–Crippen LogP) is 2.43. The van der Waals surface area contributed by atoms with Crippen LogP contribution in [0.1, 0.15) is 38.3 Å². The quantitative estimate of drug-likeness (QED) is 0.816. The molecule has 1 atom stereocenters. The van der Waals surface area contributed by atoms with Crippen LogP contribution in [-0.2, 0) is 22.5 Å². The molecule has 3 heteroatoms. The lowest BCUT2D eigenvalue weighted by molar-refractivity contribution is -0.155. The van der Waals surface area contributed by atoms with Crippen LogP contribution < -0.4 is 5.32 Å². The van der Waals surface area contributed by atoms with E-state index in [-0.39, 0.29) is 12.0 Å². The molecule has 0 amide bonds. The van der Waals surface area contributed by atoms with Gasteiger partial charge in [0.05, 0.1) is 6.42 Å². The summed E-state index contributed by atoms with van der Waals surface area (Å²) in [4.78, 5) is 11.8. The molecule has 1 aliphatic heterocycles. The number of fused-ring (bicyclic) bond motifs is 1. The van der Waals surface area contributed by atoms with Gasteiger partial charge in [0.15, 0.2) is 0 Å². The lowest BCUT2D eigenvalue weighted by Gasteiger charge is -2.27. The molecule has 18 heavy (non-hydrogen) atoms. The van der Waals surface area contributed by atoms with Crippen molar-refractivity contribution in [3.8, 4) is 0 Å². The van der Waals surface area contributed by atoms with Crippen LogP contribution in [0.4, 0.5) is 0 Å². The van der Waals surface area contributed by atoms with Crippen molar-refractivity contribution in [1.29, 1.82) is 0 Å². The molecule has 2 rings (SSSR count). The molecule has 0 aliphatic carbocycles. The molecule has 0 radical (unpaired) electrons. The Balaban J connectivity index is 1.92. The fraction of sp³-hybridized carbons (Fsp3) is 0.533. The van der Waals surface area contributed by atoms with Crippen LogP contribution in [0.5, 0.6) is 0 Å². The highest BCUT2D eigenvalue weighted by molar-refractivity contribution is 5.70. The topological polar surface area (TPSA) is 38.3 Å². The predicted molar refractivity (Wildman–Crippen MR) is 71.2 cm³/mol. The normalized spacial score (nSPS) is 19.2. The number of esters is 1. The van der Waals surface area contributed by atoms with Crippen molar-refractivity contribution in [3.63, 3.8) is 0 Å². The van der Waals surface area contributed by atoms with Gasteiger partial charge in [0.25, 0.3) is 0 Å². The van der Waals surface area contributed by atoms with Gasteiger partial charge in [-0.1, -0.05) is 24.3 Å². The number of benzene rings is 1. The lowest BCUT2D eigenvalue weighted by Crippen LogP contribution is -2.38. The monoisotopic (exact) mass is 247 g/mol. The van der Waals surface area contributed by atoms with Gasteiger partial charge in [-0.05, 0) is 38.3 Å². The molecule has 1 heterocycles. The van der Waals surface area contributed by atoms with E-state index in [1.807, 2.05) is 20.8 Å². The maximum atomic E-state index is 11.8. The first-order valence-corrected chi connectivity index (χ1v) is 6.46. The van der Waals surface area contributed by atoms with Gasteiger partial charge in [0.1, 0.15) is 5.60 Å². The molecule has 0 unspecified atom stereocenters. The molecule has 0 spiro atoms. The standard InChI is InChI=1S/C15H21NO2/c1-15(2,3)18-14(17)9-13-8-11-6-4-5-7-12(11)10-16-13/h4-7,13,16H,8-10H2,1-3H3/t13-/m0/s1. The van der Waals surface area contributed by atoms with Crippen LogP contribution in [0.15, 0.2) is 24.3 Å². The van der Waals surface area contributed by atoms with E-state index in [0.29, 0.717) is 6.42 Å². The summed E-state index contributed by atoms with van der Waals surface area (Å²) in [7, 11) is 0. The third-order valence-electron chi connectivity index (χ3n) is 3.00. The minimum atomic E-state index is -0.399. The largest absolute Gasteiger partial charge is 0.460 e. The molecular formula is C15H21NO2. The highest BCUT2D eigenvalue weighted by Crippen LogP contribution is 2.19. The van der Waals surface area contributed by atoms with E-state index < -0.39 is 5.60 Å². The molecule has 0 saturated carbocycles. The molecule has 98 valence electrons. The summed E-state index contributed by atoms with van der Waals surface area (Å²) in [5.41, 5.74) is 2.27. The van der Waals surface area contributed by atoms with Gasteiger partial charge in [-0.3, -0.25) is 4.79 Å².